The first-order valence-electron chi connectivity index (χ1n) is 13.6. The summed E-state index contributed by atoms with van der Waals surface area (Å²) in [6.45, 7) is 5.64. The number of benzene rings is 3. The summed E-state index contributed by atoms with van der Waals surface area (Å²) in [7, 11) is -1.25. The Morgan fingerprint density at radius 3 is 2.15 bits per heavy atom. The highest BCUT2D eigenvalue weighted by Gasteiger charge is 2.33. The molecule has 9 nitrogen and oxygen atoms in total. The zero-order chi connectivity index (χ0) is 30.0. The Morgan fingerprint density at radius 2 is 1.56 bits per heavy atom. The van der Waals surface area contributed by atoms with Crippen LogP contribution < -0.4 is 19.1 Å². The lowest BCUT2D eigenvalue weighted by atomic mass is 10.1. The van der Waals surface area contributed by atoms with Gasteiger partial charge < -0.3 is 19.7 Å². The van der Waals surface area contributed by atoms with Gasteiger partial charge in [-0.1, -0.05) is 55.0 Å². The van der Waals surface area contributed by atoms with E-state index in [2.05, 4.69) is 5.32 Å². The third kappa shape index (κ3) is 7.79. The molecule has 0 aromatic heterocycles. The molecular weight excluding hydrogens is 542 g/mol. The lowest BCUT2D eigenvalue weighted by Gasteiger charge is -2.33. The standard InChI is InChI=1S/C31H39N3O6S/c1-6-27(31(36)32-7-2)33(20-19-24-11-9-8-10-12-24)30(35)22-34(25-15-18-28(39-4)29(21-25)40-5)41(37,38)26-16-13-23(3)14-17-26/h8-18,21,27H,6-7,19-20,22H2,1-5H3,(H,32,36)/t27-/m1/s1. The van der Waals surface area contributed by atoms with Crippen molar-refractivity contribution in [3.63, 3.8) is 0 Å². The van der Waals surface area contributed by atoms with Crippen LogP contribution in [0.2, 0.25) is 0 Å². The molecular formula is C31H39N3O6S. The average molecular weight is 582 g/mol. The minimum atomic E-state index is -4.19. The minimum absolute atomic E-state index is 0.0392. The van der Waals surface area contributed by atoms with Crippen LogP contribution in [0.3, 0.4) is 0 Å². The van der Waals surface area contributed by atoms with Gasteiger partial charge in [0.15, 0.2) is 11.5 Å². The molecule has 0 fully saturated rings. The molecule has 0 aliphatic heterocycles. The van der Waals surface area contributed by atoms with Gasteiger partial charge in [0.05, 0.1) is 24.8 Å². The number of nitrogens with zero attached hydrogens (tertiary/aromatic N) is 2. The molecule has 10 heteroatoms. The summed E-state index contributed by atoms with van der Waals surface area (Å²) in [6, 6.07) is 20.0. The number of nitrogens with one attached hydrogen (secondary N) is 1. The van der Waals surface area contributed by atoms with E-state index in [0.29, 0.717) is 30.9 Å². The predicted octanol–water partition coefficient (Wildman–Crippen LogP) is 4.19. The number of hydrogen-bond donors (Lipinski definition) is 1. The maximum absolute atomic E-state index is 14.1. The number of anilines is 1. The van der Waals surface area contributed by atoms with Crippen LogP contribution in [0.15, 0.2) is 77.7 Å². The van der Waals surface area contributed by atoms with Crippen LogP contribution in [-0.2, 0) is 26.0 Å². The monoisotopic (exact) mass is 581 g/mol. The van der Waals surface area contributed by atoms with Crippen molar-refractivity contribution in [2.45, 2.75) is 44.6 Å². The maximum atomic E-state index is 14.1. The number of carbonyl (C=O) groups is 2. The van der Waals surface area contributed by atoms with E-state index in [1.807, 2.05) is 51.1 Å². The number of rotatable bonds is 14. The molecule has 0 unspecified atom stereocenters. The van der Waals surface area contributed by atoms with Crippen LogP contribution in [0.25, 0.3) is 0 Å². The molecule has 0 saturated heterocycles. The van der Waals surface area contributed by atoms with Crippen molar-refractivity contribution in [2.24, 2.45) is 0 Å². The second-order valence-corrected chi connectivity index (χ2v) is 11.4. The molecule has 3 rings (SSSR count). The SMILES string of the molecule is CCNC(=O)[C@@H](CC)N(CCc1ccccc1)C(=O)CN(c1ccc(OC)c(OC)c1)S(=O)(=O)c1ccc(C)cc1. The van der Waals surface area contributed by atoms with Gasteiger partial charge in [-0.05, 0) is 56.5 Å². The Bertz CT molecular complexity index is 1410. The number of carbonyl (C=O) groups excluding carboxylic acids is 2. The normalized spacial score (nSPS) is 11.8. The van der Waals surface area contributed by atoms with Crippen molar-refractivity contribution in [3.05, 3.63) is 83.9 Å². The van der Waals surface area contributed by atoms with Gasteiger partial charge >= 0.3 is 0 Å². The lowest BCUT2D eigenvalue weighted by Crippen LogP contribution is -2.53. The fourth-order valence-corrected chi connectivity index (χ4v) is 5.94. The van der Waals surface area contributed by atoms with Gasteiger partial charge in [0, 0.05) is 19.2 Å². The van der Waals surface area contributed by atoms with Crippen LogP contribution in [0, 0.1) is 6.92 Å². The van der Waals surface area contributed by atoms with Gasteiger partial charge in [-0.2, -0.15) is 0 Å². The Labute approximate surface area is 243 Å². The summed E-state index contributed by atoms with van der Waals surface area (Å²) in [4.78, 5) is 28.6. The second-order valence-electron chi connectivity index (χ2n) is 9.51. The van der Waals surface area contributed by atoms with Crippen LogP contribution in [0.4, 0.5) is 5.69 Å². The minimum Gasteiger partial charge on any atom is -0.493 e. The number of likely N-dealkylation sites (N-methyl/N-ethyl adjacent to an activating group) is 1. The van der Waals surface area contributed by atoms with Crippen molar-refractivity contribution >= 4 is 27.5 Å². The van der Waals surface area contributed by atoms with Gasteiger partial charge in [0.1, 0.15) is 12.6 Å². The predicted molar refractivity (Wildman–Crippen MR) is 160 cm³/mol. The lowest BCUT2D eigenvalue weighted by molar-refractivity contribution is -0.139. The third-order valence-corrected chi connectivity index (χ3v) is 8.55. The van der Waals surface area contributed by atoms with E-state index in [1.165, 1.54) is 37.3 Å². The quantitative estimate of drug-likeness (QED) is 0.306. The molecule has 3 aromatic rings. The first-order chi connectivity index (χ1) is 19.7. The number of methoxy groups -OCH3 is 2. The molecule has 41 heavy (non-hydrogen) atoms. The summed E-state index contributed by atoms with van der Waals surface area (Å²) in [6.07, 6.45) is 0.872. The van der Waals surface area contributed by atoms with Crippen LogP contribution >= 0.6 is 0 Å². The van der Waals surface area contributed by atoms with Gasteiger partial charge in [-0.3, -0.25) is 13.9 Å². The second kappa shape index (κ2) is 14.5. The molecule has 0 saturated carbocycles. The molecule has 0 aliphatic rings. The zero-order valence-electron chi connectivity index (χ0n) is 24.3. The molecule has 1 N–H and O–H groups in total. The van der Waals surface area contributed by atoms with E-state index in [9.17, 15) is 18.0 Å². The highest BCUT2D eigenvalue weighted by atomic mass is 32.2. The maximum Gasteiger partial charge on any atom is 0.264 e. The van der Waals surface area contributed by atoms with Crippen LogP contribution in [0.1, 0.15) is 31.4 Å². The van der Waals surface area contributed by atoms with Crippen molar-refractivity contribution < 1.29 is 27.5 Å². The van der Waals surface area contributed by atoms with E-state index in [-0.39, 0.29) is 23.0 Å². The first-order valence-corrected chi connectivity index (χ1v) is 15.0. The van der Waals surface area contributed by atoms with E-state index >= 15 is 0 Å². The molecule has 1 atom stereocenters. The molecule has 3 aromatic carbocycles. The topological polar surface area (TPSA) is 105 Å². The summed E-state index contributed by atoms with van der Waals surface area (Å²) in [5.74, 6) is -0.0433. The Morgan fingerprint density at radius 1 is 0.902 bits per heavy atom. The van der Waals surface area contributed by atoms with Crippen LogP contribution in [-0.4, -0.2) is 65.0 Å². The molecule has 0 radical (unpaired) electrons. The average Bonchev–Trinajstić information content (AvgIpc) is 2.98. The van der Waals surface area contributed by atoms with Crippen molar-refractivity contribution in [1.29, 1.82) is 0 Å². The fraction of sp³-hybridized carbons (Fsp3) is 0.355. The molecule has 0 bridgehead atoms. The number of ether oxygens (including phenoxy) is 2. The van der Waals surface area contributed by atoms with Crippen LogP contribution in [0.5, 0.6) is 11.5 Å². The van der Waals surface area contributed by atoms with Gasteiger partial charge in [-0.15, -0.1) is 0 Å². The van der Waals surface area contributed by atoms with Crippen molar-refractivity contribution in [1.82, 2.24) is 10.2 Å². The molecule has 0 heterocycles. The van der Waals surface area contributed by atoms with Gasteiger partial charge in [0.2, 0.25) is 11.8 Å². The highest BCUT2D eigenvalue weighted by molar-refractivity contribution is 7.92. The van der Waals surface area contributed by atoms with Gasteiger partial charge in [0.25, 0.3) is 10.0 Å². The van der Waals surface area contributed by atoms with E-state index in [1.54, 1.807) is 24.3 Å². The smallest absolute Gasteiger partial charge is 0.264 e. The summed E-state index contributed by atoms with van der Waals surface area (Å²) in [5, 5.41) is 2.81. The van der Waals surface area contributed by atoms with E-state index < -0.39 is 28.5 Å². The summed E-state index contributed by atoms with van der Waals surface area (Å²) in [5.41, 5.74) is 2.13. The Balaban J connectivity index is 2.06. The van der Waals surface area contributed by atoms with Gasteiger partial charge in [-0.25, -0.2) is 8.42 Å². The summed E-state index contributed by atoms with van der Waals surface area (Å²) >= 11 is 0. The number of amides is 2. The third-order valence-electron chi connectivity index (χ3n) is 6.76. The fourth-order valence-electron chi connectivity index (χ4n) is 4.53. The molecule has 0 spiro atoms. The molecule has 220 valence electrons. The largest absolute Gasteiger partial charge is 0.493 e. The number of hydrogen-bond acceptors (Lipinski definition) is 6. The Kier molecular flexibility index (Phi) is 11.2. The van der Waals surface area contributed by atoms with E-state index in [0.717, 1.165) is 15.4 Å². The molecule has 2 amide bonds. The number of sulfonamides is 1. The first kappa shape index (κ1) is 31.5. The number of aryl methyl sites for hydroxylation is 1. The van der Waals surface area contributed by atoms with Crippen molar-refractivity contribution in [3.8, 4) is 11.5 Å². The Hall–Kier alpha value is -4.05. The van der Waals surface area contributed by atoms with Crippen molar-refractivity contribution in [2.75, 3.05) is 38.2 Å². The van der Waals surface area contributed by atoms with E-state index in [4.69, 9.17) is 9.47 Å². The zero-order valence-corrected chi connectivity index (χ0v) is 25.1. The molecule has 0 aliphatic carbocycles. The highest BCUT2D eigenvalue weighted by Crippen LogP contribution is 2.34. The summed E-state index contributed by atoms with van der Waals surface area (Å²) < 4.78 is 39.8.